The van der Waals surface area contributed by atoms with E-state index in [-0.39, 0.29) is 35.4 Å². The summed E-state index contributed by atoms with van der Waals surface area (Å²) in [6.45, 7) is 6.57. The fraction of sp³-hybridized carbons (Fsp3) is 0.900. The third-order valence-electron chi connectivity index (χ3n) is 6.37. The molecule has 1 atom stereocenters. The van der Waals surface area contributed by atoms with Crippen molar-refractivity contribution in [3.63, 3.8) is 0 Å². The third-order valence-corrected chi connectivity index (χ3v) is 8.12. The van der Waals surface area contributed by atoms with Crippen LogP contribution in [0.15, 0.2) is 0 Å². The van der Waals surface area contributed by atoms with Gasteiger partial charge in [-0.1, -0.05) is 19.8 Å². The number of amides is 2. The Labute approximate surface area is 174 Å². The van der Waals surface area contributed by atoms with Crippen LogP contribution in [-0.4, -0.2) is 104 Å². The zero-order chi connectivity index (χ0) is 20.9. The van der Waals surface area contributed by atoms with Gasteiger partial charge in [-0.15, -0.1) is 0 Å². The molecule has 3 rings (SSSR count). The van der Waals surface area contributed by atoms with E-state index in [0.29, 0.717) is 26.1 Å². The minimum absolute atomic E-state index is 0.0613. The van der Waals surface area contributed by atoms with E-state index in [1.54, 1.807) is 0 Å². The summed E-state index contributed by atoms with van der Waals surface area (Å²) in [5.74, 6) is 0.461. The Hall–Kier alpha value is -1.19. The molecule has 0 bridgehead atoms. The van der Waals surface area contributed by atoms with Crippen molar-refractivity contribution in [2.75, 3.05) is 57.3 Å². The summed E-state index contributed by atoms with van der Waals surface area (Å²) in [5.41, 5.74) is 0. The van der Waals surface area contributed by atoms with Crippen molar-refractivity contribution < 1.29 is 18.0 Å². The molecule has 0 aromatic heterocycles. The van der Waals surface area contributed by atoms with Gasteiger partial charge in [0, 0.05) is 44.8 Å². The summed E-state index contributed by atoms with van der Waals surface area (Å²) in [4.78, 5) is 31.3. The van der Waals surface area contributed by atoms with Crippen LogP contribution in [0.3, 0.4) is 0 Å². The molecule has 2 aliphatic heterocycles. The minimum Gasteiger partial charge on any atom is -0.355 e. The summed E-state index contributed by atoms with van der Waals surface area (Å²) >= 11 is 0. The Morgan fingerprint density at radius 1 is 0.966 bits per heavy atom. The largest absolute Gasteiger partial charge is 0.355 e. The van der Waals surface area contributed by atoms with Gasteiger partial charge in [-0.2, -0.15) is 0 Å². The molecule has 3 aliphatic rings. The van der Waals surface area contributed by atoms with Crippen LogP contribution in [0.25, 0.3) is 0 Å². The highest BCUT2D eigenvalue weighted by molar-refractivity contribution is 7.91. The van der Waals surface area contributed by atoms with Gasteiger partial charge in [0.2, 0.25) is 11.8 Å². The van der Waals surface area contributed by atoms with Crippen LogP contribution in [0, 0.1) is 0 Å². The lowest BCUT2D eigenvalue weighted by Gasteiger charge is -2.38. The first-order valence-corrected chi connectivity index (χ1v) is 12.9. The topological polar surface area (TPSA) is 90.0 Å². The predicted molar refractivity (Wildman–Crippen MR) is 112 cm³/mol. The van der Waals surface area contributed by atoms with Crippen molar-refractivity contribution in [1.82, 2.24) is 20.0 Å². The average Bonchev–Trinajstić information content (AvgIpc) is 3.32. The number of hydrogen-bond donors (Lipinski definition) is 1. The number of hydrogen-bond acceptors (Lipinski definition) is 6. The molecule has 1 aliphatic carbocycles. The Morgan fingerprint density at radius 2 is 1.59 bits per heavy atom. The summed E-state index contributed by atoms with van der Waals surface area (Å²) in [6.07, 6.45) is 5.72. The zero-order valence-electron chi connectivity index (χ0n) is 17.6. The number of rotatable bonds is 8. The number of piperazine rings is 1. The van der Waals surface area contributed by atoms with Crippen LogP contribution in [0.1, 0.15) is 45.4 Å². The lowest BCUT2D eigenvalue weighted by atomic mass is 10.1. The second-order valence-corrected chi connectivity index (χ2v) is 10.9. The molecule has 0 spiro atoms. The molecule has 166 valence electrons. The molecular formula is C20H36N4O4S. The molecule has 1 unspecified atom stereocenters. The number of carbonyl (C=O) groups excluding carboxylic acids is 2. The van der Waals surface area contributed by atoms with Crippen LogP contribution >= 0.6 is 0 Å². The van der Waals surface area contributed by atoms with Crippen LogP contribution in [0.2, 0.25) is 0 Å². The van der Waals surface area contributed by atoms with Crippen molar-refractivity contribution in [1.29, 1.82) is 0 Å². The molecule has 9 heteroatoms. The molecule has 0 radical (unpaired) electrons. The van der Waals surface area contributed by atoms with Crippen LogP contribution < -0.4 is 5.32 Å². The van der Waals surface area contributed by atoms with Gasteiger partial charge in [0.1, 0.15) is 0 Å². The van der Waals surface area contributed by atoms with Crippen molar-refractivity contribution in [2.24, 2.45) is 0 Å². The molecule has 1 saturated carbocycles. The average molecular weight is 429 g/mol. The molecule has 8 nitrogen and oxygen atoms in total. The second-order valence-electron chi connectivity index (χ2n) is 8.70. The Bertz CT molecular complexity index is 670. The van der Waals surface area contributed by atoms with E-state index >= 15 is 0 Å². The van der Waals surface area contributed by atoms with Crippen molar-refractivity contribution in [3.8, 4) is 0 Å². The molecule has 2 saturated heterocycles. The number of nitrogens with one attached hydrogen (secondary N) is 1. The van der Waals surface area contributed by atoms with E-state index in [1.807, 2.05) is 11.8 Å². The van der Waals surface area contributed by atoms with Crippen molar-refractivity contribution in [3.05, 3.63) is 0 Å². The van der Waals surface area contributed by atoms with Gasteiger partial charge >= 0.3 is 0 Å². The van der Waals surface area contributed by atoms with E-state index in [0.717, 1.165) is 58.3 Å². The smallest absolute Gasteiger partial charge is 0.237 e. The molecule has 29 heavy (non-hydrogen) atoms. The molecular weight excluding hydrogens is 392 g/mol. The maximum Gasteiger partial charge on any atom is 0.237 e. The predicted octanol–water partition coefficient (Wildman–Crippen LogP) is 0.0885. The normalized spacial score (nSPS) is 25.9. The Balaban J connectivity index is 1.51. The summed E-state index contributed by atoms with van der Waals surface area (Å²) in [7, 11) is -3.01. The fourth-order valence-corrected chi connectivity index (χ4v) is 6.50. The lowest BCUT2D eigenvalue weighted by Crippen LogP contribution is -2.54. The quantitative estimate of drug-likeness (QED) is 0.589. The highest BCUT2D eigenvalue weighted by Gasteiger charge is 2.39. The molecule has 0 aromatic carbocycles. The first kappa shape index (κ1) is 22.5. The van der Waals surface area contributed by atoms with Gasteiger partial charge in [-0.05, 0) is 25.7 Å². The molecule has 2 heterocycles. The molecule has 0 aromatic rings. The number of carbonyl (C=O) groups is 2. The van der Waals surface area contributed by atoms with E-state index < -0.39 is 9.84 Å². The number of nitrogens with zero attached hydrogens (tertiary/aromatic N) is 3. The maximum atomic E-state index is 13.2. The first-order chi connectivity index (χ1) is 13.9. The van der Waals surface area contributed by atoms with Gasteiger partial charge in [-0.25, -0.2) is 8.42 Å². The number of sulfone groups is 1. The van der Waals surface area contributed by atoms with Gasteiger partial charge < -0.3 is 10.2 Å². The van der Waals surface area contributed by atoms with Crippen LogP contribution in [0.5, 0.6) is 0 Å². The Morgan fingerprint density at radius 3 is 2.14 bits per heavy atom. The van der Waals surface area contributed by atoms with Crippen LogP contribution in [0.4, 0.5) is 0 Å². The Kier molecular flexibility index (Phi) is 7.92. The maximum absolute atomic E-state index is 13.2. The van der Waals surface area contributed by atoms with Crippen molar-refractivity contribution >= 4 is 21.7 Å². The minimum atomic E-state index is -3.01. The highest BCUT2D eigenvalue weighted by atomic mass is 32.2. The second kappa shape index (κ2) is 10.2. The highest BCUT2D eigenvalue weighted by Crippen LogP contribution is 2.29. The van der Waals surface area contributed by atoms with Gasteiger partial charge in [0.05, 0.1) is 24.6 Å². The van der Waals surface area contributed by atoms with Gasteiger partial charge in [-0.3, -0.25) is 19.4 Å². The van der Waals surface area contributed by atoms with Gasteiger partial charge in [0.15, 0.2) is 9.84 Å². The standard InChI is InChI=1S/C20H36N4O4S/c1-2-8-21-19(25)14-22-9-11-23(12-10-22)15-20(26)24(17-5-3-4-6-17)18-7-13-29(27,28)16-18/h17-18H,2-16H2,1H3,(H,21,25). The molecule has 1 N–H and O–H groups in total. The molecule has 3 fully saturated rings. The van der Waals surface area contributed by atoms with Gasteiger partial charge in [0.25, 0.3) is 0 Å². The fourth-order valence-electron chi connectivity index (χ4n) is 4.78. The summed E-state index contributed by atoms with van der Waals surface area (Å²) < 4.78 is 24.0. The summed E-state index contributed by atoms with van der Waals surface area (Å²) in [5, 5.41) is 2.90. The lowest BCUT2D eigenvalue weighted by molar-refractivity contribution is -0.137. The SMILES string of the molecule is CCCNC(=O)CN1CCN(CC(=O)N(C2CCCC2)C2CCS(=O)(=O)C2)CC1. The van der Waals surface area contributed by atoms with E-state index in [1.165, 1.54) is 0 Å². The third kappa shape index (κ3) is 6.39. The van der Waals surface area contributed by atoms with Crippen molar-refractivity contribution in [2.45, 2.75) is 57.5 Å². The molecule has 2 amide bonds. The monoisotopic (exact) mass is 428 g/mol. The summed E-state index contributed by atoms with van der Waals surface area (Å²) in [6, 6.07) is 0.0449. The van der Waals surface area contributed by atoms with Crippen LogP contribution in [-0.2, 0) is 19.4 Å². The van der Waals surface area contributed by atoms with E-state index in [4.69, 9.17) is 0 Å². The van der Waals surface area contributed by atoms with E-state index in [9.17, 15) is 18.0 Å². The van der Waals surface area contributed by atoms with E-state index in [2.05, 4.69) is 15.1 Å². The first-order valence-electron chi connectivity index (χ1n) is 11.1. The zero-order valence-corrected chi connectivity index (χ0v) is 18.5.